The number of aldehydes is 1. The van der Waals surface area contributed by atoms with Gasteiger partial charge in [0, 0.05) is 5.56 Å². The third kappa shape index (κ3) is 2.48. The van der Waals surface area contributed by atoms with Gasteiger partial charge in [0.1, 0.15) is 5.75 Å². The summed E-state index contributed by atoms with van der Waals surface area (Å²) >= 11 is 5.99. The molecule has 0 aliphatic rings. The van der Waals surface area contributed by atoms with Crippen molar-refractivity contribution in [2.45, 2.75) is 0 Å². The maximum atomic E-state index is 10.7. The minimum Gasteiger partial charge on any atom is -0.497 e. The van der Waals surface area contributed by atoms with Crippen molar-refractivity contribution < 1.29 is 9.53 Å². The Labute approximate surface area is 105 Å². The maximum Gasteiger partial charge on any atom is 0.151 e. The molecule has 17 heavy (non-hydrogen) atoms. The van der Waals surface area contributed by atoms with Crippen molar-refractivity contribution in [1.29, 1.82) is 0 Å². The molecule has 0 aromatic heterocycles. The lowest BCUT2D eigenvalue weighted by molar-refractivity contribution is 0.112. The highest BCUT2D eigenvalue weighted by atomic mass is 35.5. The molecule has 0 fully saturated rings. The molecule has 0 spiro atoms. The van der Waals surface area contributed by atoms with Gasteiger partial charge in [-0.2, -0.15) is 0 Å². The van der Waals surface area contributed by atoms with Gasteiger partial charge in [-0.25, -0.2) is 0 Å². The Morgan fingerprint density at radius 1 is 1.12 bits per heavy atom. The Morgan fingerprint density at radius 2 is 1.88 bits per heavy atom. The summed E-state index contributed by atoms with van der Waals surface area (Å²) in [6, 6.07) is 13.0. The van der Waals surface area contributed by atoms with Crippen molar-refractivity contribution >= 4 is 17.9 Å². The van der Waals surface area contributed by atoms with Gasteiger partial charge in [0.25, 0.3) is 0 Å². The van der Waals surface area contributed by atoms with Crippen LogP contribution in [0.2, 0.25) is 5.02 Å². The van der Waals surface area contributed by atoms with E-state index in [1.807, 2.05) is 30.3 Å². The second-order valence-corrected chi connectivity index (χ2v) is 3.99. The highest BCUT2D eigenvalue weighted by Gasteiger charge is 2.03. The van der Waals surface area contributed by atoms with Gasteiger partial charge >= 0.3 is 0 Å². The lowest BCUT2D eigenvalue weighted by atomic mass is 10.0. The molecule has 0 saturated carbocycles. The molecule has 0 unspecified atom stereocenters. The number of ether oxygens (including phenoxy) is 1. The van der Waals surface area contributed by atoms with Gasteiger partial charge < -0.3 is 4.74 Å². The van der Waals surface area contributed by atoms with E-state index < -0.39 is 0 Å². The molecule has 2 aromatic rings. The molecule has 0 N–H and O–H groups in total. The standard InChI is InChI=1S/C14H11ClO2/c1-17-13-4-2-3-10(7-13)11-5-6-12(9-16)14(15)8-11/h2-9H,1H3. The third-order valence-electron chi connectivity index (χ3n) is 2.53. The van der Waals surface area contributed by atoms with E-state index in [1.165, 1.54) is 0 Å². The SMILES string of the molecule is COc1cccc(-c2ccc(C=O)c(Cl)c2)c1. The minimum atomic E-state index is 0.459. The van der Waals surface area contributed by atoms with Crippen LogP contribution in [-0.4, -0.2) is 13.4 Å². The van der Waals surface area contributed by atoms with Crippen molar-refractivity contribution in [2.75, 3.05) is 7.11 Å². The average molecular weight is 247 g/mol. The number of hydrogen-bond acceptors (Lipinski definition) is 2. The normalized spacial score (nSPS) is 10.0. The molecule has 2 aromatic carbocycles. The zero-order valence-electron chi connectivity index (χ0n) is 9.31. The van der Waals surface area contributed by atoms with E-state index in [1.54, 1.807) is 19.2 Å². The first kappa shape index (κ1) is 11.7. The van der Waals surface area contributed by atoms with E-state index in [0.717, 1.165) is 23.2 Å². The van der Waals surface area contributed by atoms with Crippen LogP contribution in [0.15, 0.2) is 42.5 Å². The smallest absolute Gasteiger partial charge is 0.151 e. The molecule has 0 bridgehead atoms. The van der Waals surface area contributed by atoms with E-state index in [9.17, 15) is 4.79 Å². The second-order valence-electron chi connectivity index (χ2n) is 3.59. The zero-order valence-corrected chi connectivity index (χ0v) is 10.1. The van der Waals surface area contributed by atoms with Crippen LogP contribution in [0.25, 0.3) is 11.1 Å². The number of hydrogen-bond donors (Lipinski definition) is 0. The largest absolute Gasteiger partial charge is 0.497 e. The molecule has 3 heteroatoms. The first-order valence-electron chi connectivity index (χ1n) is 5.14. The molecule has 0 saturated heterocycles. The molecule has 0 amide bonds. The summed E-state index contributed by atoms with van der Waals surface area (Å²) in [5, 5.41) is 0.459. The number of carbonyl (C=O) groups is 1. The van der Waals surface area contributed by atoms with Gasteiger partial charge in [-0.15, -0.1) is 0 Å². The first-order chi connectivity index (χ1) is 8.24. The summed E-state index contributed by atoms with van der Waals surface area (Å²) in [5.41, 5.74) is 2.46. The molecular formula is C14H11ClO2. The van der Waals surface area contributed by atoms with Crippen LogP contribution in [0.4, 0.5) is 0 Å². The summed E-state index contributed by atoms with van der Waals surface area (Å²) in [6.45, 7) is 0. The van der Waals surface area contributed by atoms with Gasteiger partial charge in [0.05, 0.1) is 12.1 Å². The van der Waals surface area contributed by atoms with E-state index >= 15 is 0 Å². The summed E-state index contributed by atoms with van der Waals surface area (Å²) in [5.74, 6) is 0.790. The maximum absolute atomic E-state index is 10.7. The van der Waals surface area contributed by atoms with Crippen LogP contribution in [0.3, 0.4) is 0 Å². The Balaban J connectivity index is 2.45. The molecule has 0 aliphatic carbocycles. The van der Waals surface area contributed by atoms with Crippen LogP contribution in [0.1, 0.15) is 10.4 Å². The Hall–Kier alpha value is -1.80. The number of methoxy groups -OCH3 is 1. The fourth-order valence-electron chi connectivity index (χ4n) is 1.60. The minimum absolute atomic E-state index is 0.459. The topological polar surface area (TPSA) is 26.3 Å². The van der Waals surface area contributed by atoms with Gasteiger partial charge in [0.2, 0.25) is 0 Å². The highest BCUT2D eigenvalue weighted by molar-refractivity contribution is 6.33. The highest BCUT2D eigenvalue weighted by Crippen LogP contribution is 2.27. The Bertz CT molecular complexity index is 550. The van der Waals surface area contributed by atoms with Crippen molar-refractivity contribution in [3.05, 3.63) is 53.1 Å². The van der Waals surface area contributed by atoms with Gasteiger partial charge in [-0.05, 0) is 35.4 Å². The monoisotopic (exact) mass is 246 g/mol. The van der Waals surface area contributed by atoms with Crippen LogP contribution in [0.5, 0.6) is 5.75 Å². The molecule has 0 radical (unpaired) electrons. The van der Waals surface area contributed by atoms with Crippen molar-refractivity contribution in [1.82, 2.24) is 0 Å². The molecule has 2 rings (SSSR count). The first-order valence-corrected chi connectivity index (χ1v) is 5.51. The van der Waals surface area contributed by atoms with E-state index in [0.29, 0.717) is 10.6 Å². The quantitative estimate of drug-likeness (QED) is 0.770. The van der Waals surface area contributed by atoms with Gasteiger partial charge in [-0.1, -0.05) is 29.8 Å². The van der Waals surface area contributed by atoms with Crippen LogP contribution >= 0.6 is 11.6 Å². The third-order valence-corrected chi connectivity index (χ3v) is 2.86. The molecular weight excluding hydrogens is 236 g/mol. The van der Waals surface area contributed by atoms with Crippen LogP contribution < -0.4 is 4.74 Å². The molecule has 0 aliphatic heterocycles. The Kier molecular flexibility index (Phi) is 3.45. The predicted molar refractivity (Wildman–Crippen MR) is 68.8 cm³/mol. The number of rotatable bonds is 3. The molecule has 86 valence electrons. The fraction of sp³-hybridized carbons (Fsp3) is 0.0714. The second kappa shape index (κ2) is 5.02. The zero-order chi connectivity index (χ0) is 12.3. The summed E-state index contributed by atoms with van der Waals surface area (Å²) < 4.78 is 5.16. The molecule has 2 nitrogen and oxygen atoms in total. The molecule has 0 heterocycles. The van der Waals surface area contributed by atoms with Gasteiger partial charge in [-0.3, -0.25) is 4.79 Å². The van der Waals surface area contributed by atoms with Crippen molar-refractivity contribution in [3.8, 4) is 16.9 Å². The van der Waals surface area contributed by atoms with Crippen LogP contribution in [-0.2, 0) is 0 Å². The number of carbonyl (C=O) groups excluding carboxylic acids is 1. The molecule has 0 atom stereocenters. The summed E-state index contributed by atoms with van der Waals surface area (Å²) in [7, 11) is 1.63. The fourth-order valence-corrected chi connectivity index (χ4v) is 1.83. The average Bonchev–Trinajstić information content (AvgIpc) is 2.38. The van der Waals surface area contributed by atoms with Crippen LogP contribution in [0, 0.1) is 0 Å². The van der Waals surface area contributed by atoms with Gasteiger partial charge in [0.15, 0.2) is 6.29 Å². The van der Waals surface area contributed by atoms with E-state index in [4.69, 9.17) is 16.3 Å². The lowest BCUT2D eigenvalue weighted by Crippen LogP contribution is -1.86. The lowest BCUT2D eigenvalue weighted by Gasteiger charge is -2.06. The summed E-state index contributed by atoms with van der Waals surface area (Å²) in [6.07, 6.45) is 0.748. The predicted octanol–water partition coefficient (Wildman–Crippen LogP) is 3.83. The van der Waals surface area contributed by atoms with Crippen molar-refractivity contribution in [3.63, 3.8) is 0 Å². The number of benzene rings is 2. The number of halogens is 1. The Morgan fingerprint density at radius 3 is 2.53 bits per heavy atom. The van der Waals surface area contributed by atoms with E-state index in [2.05, 4.69) is 0 Å². The van der Waals surface area contributed by atoms with E-state index in [-0.39, 0.29) is 0 Å². The summed E-state index contributed by atoms with van der Waals surface area (Å²) in [4.78, 5) is 10.7. The van der Waals surface area contributed by atoms with Crippen molar-refractivity contribution in [2.24, 2.45) is 0 Å².